The smallest absolute Gasteiger partial charge is 0.248 e. The highest BCUT2D eigenvalue weighted by atomic mass is 16.7. The number of nitrogens with one attached hydrogen (secondary N) is 1. The van der Waals surface area contributed by atoms with Crippen LogP contribution in [0.3, 0.4) is 0 Å². The van der Waals surface area contributed by atoms with E-state index in [1.807, 2.05) is 5.32 Å². The molecule has 13 atom stereocenters. The van der Waals surface area contributed by atoms with E-state index >= 15 is 0 Å². The van der Waals surface area contributed by atoms with E-state index < -0.39 is 123 Å². The molecule has 0 spiro atoms. The van der Waals surface area contributed by atoms with Crippen LogP contribution in [0.2, 0.25) is 0 Å². The molecule has 19 nitrogen and oxygen atoms in total. The molecule has 2 amide bonds. The van der Waals surface area contributed by atoms with Crippen LogP contribution >= 0.6 is 0 Å². The van der Waals surface area contributed by atoms with Crippen molar-refractivity contribution in [2.45, 2.75) is 85.3 Å². The lowest BCUT2D eigenvalue weighted by Gasteiger charge is -2.50. The van der Waals surface area contributed by atoms with Gasteiger partial charge in [0, 0.05) is 6.92 Å². The summed E-state index contributed by atoms with van der Waals surface area (Å²) in [6.07, 6.45) is -18.0. The Bertz CT molecular complexity index is 930. The van der Waals surface area contributed by atoms with Gasteiger partial charge in [-0.2, -0.15) is 0 Å². The Hall–Kier alpha value is -1.66. The molecule has 3 aliphatic rings. The van der Waals surface area contributed by atoms with Crippen LogP contribution in [0.1, 0.15) is 6.92 Å². The molecule has 0 radical (unpaired) electrons. The first-order valence-corrected chi connectivity index (χ1v) is 12.2. The van der Waals surface area contributed by atoms with E-state index in [1.165, 1.54) is 0 Å². The summed E-state index contributed by atoms with van der Waals surface area (Å²) >= 11 is 0. The van der Waals surface area contributed by atoms with Crippen molar-refractivity contribution >= 4 is 11.8 Å². The molecule has 3 unspecified atom stereocenters. The molecule has 3 rings (SSSR count). The lowest BCUT2D eigenvalue weighted by Crippen LogP contribution is -2.75. The lowest BCUT2D eigenvalue weighted by atomic mass is 9.88. The molecule has 3 heterocycles. The van der Waals surface area contributed by atoms with Gasteiger partial charge in [0.15, 0.2) is 6.04 Å². The maximum atomic E-state index is 13.5. The Kier molecular flexibility index (Phi) is 9.78. The van der Waals surface area contributed by atoms with Gasteiger partial charge in [-0.15, -0.1) is 0 Å². The first-order valence-electron chi connectivity index (χ1n) is 12.2. The zero-order valence-corrected chi connectivity index (χ0v) is 21.2. The van der Waals surface area contributed by atoms with Gasteiger partial charge in [0.25, 0.3) is 0 Å². The fourth-order valence-corrected chi connectivity index (χ4v) is 4.67. The van der Waals surface area contributed by atoms with E-state index in [-0.39, 0.29) is 0 Å². The number of aliphatic hydroxyl groups excluding tert-OH is 9. The summed E-state index contributed by atoms with van der Waals surface area (Å²) in [7, 11) is 0. The maximum Gasteiger partial charge on any atom is 0.248 e. The minimum atomic E-state index is -3.24. The normalized spacial score (nSPS) is 46.9. The van der Waals surface area contributed by atoms with Gasteiger partial charge in [-0.3, -0.25) is 9.59 Å². The summed E-state index contributed by atoms with van der Waals surface area (Å²) < 4.78 is 15.0. The first kappa shape index (κ1) is 32.8. The predicted molar refractivity (Wildman–Crippen MR) is 121 cm³/mol. The van der Waals surface area contributed by atoms with Crippen LogP contribution in [0.5, 0.6) is 0 Å². The maximum absolute atomic E-state index is 13.5. The highest BCUT2D eigenvalue weighted by molar-refractivity contribution is 5.88. The zero-order valence-electron chi connectivity index (χ0n) is 21.2. The van der Waals surface area contributed by atoms with Gasteiger partial charge in [0.05, 0.1) is 32.9 Å². The molecule has 0 aromatic carbocycles. The monoisotopic (exact) mass is 588 g/mol. The number of hydrogen-bond donors (Lipinski definition) is 13. The number of rotatable bonds is 7. The third-order valence-electron chi connectivity index (χ3n) is 7.26. The van der Waals surface area contributed by atoms with Gasteiger partial charge in [-0.1, -0.05) is 0 Å². The SMILES string of the molecule is CC(=O)N(CC1(O)OC[C@@H](O)[C@@H](O)[C@@H]1O)[C@@H](C(=O)NCC1(O)OC[C@@H](O)[C@@H](O)[C@@H]1O)C1(O)OC[C@@H](O)[C@@H](O)[C@@H]1O. The van der Waals surface area contributed by atoms with Crippen molar-refractivity contribution in [1.82, 2.24) is 10.2 Å². The van der Waals surface area contributed by atoms with Crippen LogP contribution in [0.15, 0.2) is 0 Å². The highest BCUT2D eigenvalue weighted by Gasteiger charge is 2.61. The van der Waals surface area contributed by atoms with Gasteiger partial charge >= 0.3 is 0 Å². The molecule has 40 heavy (non-hydrogen) atoms. The van der Waals surface area contributed by atoms with Crippen LogP contribution in [-0.4, -0.2) is 189 Å². The van der Waals surface area contributed by atoms with Gasteiger partial charge in [0.1, 0.15) is 54.9 Å². The van der Waals surface area contributed by atoms with Crippen LogP contribution in [0.4, 0.5) is 0 Å². The number of carbonyl (C=O) groups is 2. The number of aliphatic hydroxyl groups is 12. The van der Waals surface area contributed by atoms with E-state index in [9.17, 15) is 70.9 Å². The average molecular weight is 589 g/mol. The van der Waals surface area contributed by atoms with E-state index in [1.54, 1.807) is 0 Å². The van der Waals surface area contributed by atoms with Crippen LogP contribution in [0.25, 0.3) is 0 Å². The molecule has 0 bridgehead atoms. The second-order valence-corrected chi connectivity index (χ2v) is 10.2. The Morgan fingerprint density at radius 2 is 1.18 bits per heavy atom. The number of hydrogen-bond acceptors (Lipinski definition) is 17. The van der Waals surface area contributed by atoms with E-state index in [4.69, 9.17) is 14.2 Å². The minimum Gasteiger partial charge on any atom is -0.388 e. The number of carbonyl (C=O) groups excluding carboxylic acids is 2. The van der Waals surface area contributed by atoms with Crippen molar-refractivity contribution in [1.29, 1.82) is 0 Å². The number of nitrogens with zero attached hydrogens (tertiary/aromatic N) is 1. The third-order valence-corrected chi connectivity index (χ3v) is 7.26. The second-order valence-electron chi connectivity index (χ2n) is 10.2. The van der Waals surface area contributed by atoms with Crippen LogP contribution < -0.4 is 5.32 Å². The molecule has 3 saturated heterocycles. The summed E-state index contributed by atoms with van der Waals surface area (Å²) in [5, 5.41) is 125. The molecular weight excluding hydrogens is 552 g/mol. The topological polar surface area (TPSA) is 320 Å². The molecule has 3 fully saturated rings. The predicted octanol–water partition coefficient (Wildman–Crippen LogP) is -9.28. The van der Waals surface area contributed by atoms with Gasteiger partial charge in [0.2, 0.25) is 29.2 Å². The molecule has 0 aromatic heterocycles. The highest BCUT2D eigenvalue weighted by Crippen LogP contribution is 2.33. The molecule has 19 heteroatoms. The summed E-state index contributed by atoms with van der Waals surface area (Å²) in [5.41, 5.74) is 0. The van der Waals surface area contributed by atoms with E-state index in [0.717, 1.165) is 6.92 Å². The largest absolute Gasteiger partial charge is 0.388 e. The fourth-order valence-electron chi connectivity index (χ4n) is 4.67. The Morgan fingerprint density at radius 3 is 1.68 bits per heavy atom. The number of ether oxygens (including phenoxy) is 3. The Morgan fingerprint density at radius 1 is 0.750 bits per heavy atom. The minimum absolute atomic E-state index is 0.317. The van der Waals surface area contributed by atoms with E-state index in [0.29, 0.717) is 4.90 Å². The molecular formula is C21H36N2O17. The first-order chi connectivity index (χ1) is 18.4. The van der Waals surface area contributed by atoms with Gasteiger partial charge in [-0.25, -0.2) is 0 Å². The molecule has 232 valence electrons. The summed E-state index contributed by atoms with van der Waals surface area (Å²) in [4.78, 5) is 26.5. The van der Waals surface area contributed by atoms with Gasteiger partial charge in [-0.05, 0) is 0 Å². The molecule has 3 aliphatic heterocycles. The quantitative estimate of drug-likeness (QED) is 0.131. The van der Waals surface area contributed by atoms with Crippen molar-refractivity contribution < 1.29 is 85.1 Å². The van der Waals surface area contributed by atoms with Gasteiger partial charge < -0.3 is 85.7 Å². The van der Waals surface area contributed by atoms with Crippen molar-refractivity contribution in [3.63, 3.8) is 0 Å². The molecule has 13 N–H and O–H groups in total. The van der Waals surface area contributed by atoms with Crippen molar-refractivity contribution in [3.05, 3.63) is 0 Å². The summed E-state index contributed by atoms with van der Waals surface area (Å²) in [5.74, 6) is -11.5. The second kappa shape index (κ2) is 11.9. The fraction of sp³-hybridized carbons (Fsp3) is 0.905. The molecule has 0 aliphatic carbocycles. The Labute approximate surface area is 226 Å². The lowest BCUT2D eigenvalue weighted by molar-refractivity contribution is -0.349. The standard InChI is InChI=1S/C21H36N2O17/c1-7(24)23(6-20(36)16(32)12(29)9(26)3-39-20)14(21(37)17(33)13(30)10(27)4-40-21)18(34)22-5-19(35)15(31)11(28)8(25)2-38-19/h8-17,25-33,35-37H,2-6H2,1H3,(H,22,34)/t8-,9-,10-,11-,12-,13-,14+,15+,16+,17+,19?,20?,21?/m1/s1. The number of amides is 2. The summed E-state index contributed by atoms with van der Waals surface area (Å²) in [6.45, 7) is -3.79. The average Bonchev–Trinajstić information content (AvgIpc) is 2.91. The van der Waals surface area contributed by atoms with Crippen LogP contribution in [0, 0.1) is 0 Å². The van der Waals surface area contributed by atoms with Crippen molar-refractivity contribution in [2.75, 3.05) is 32.9 Å². The van der Waals surface area contributed by atoms with Crippen molar-refractivity contribution in [3.8, 4) is 0 Å². The molecule has 0 aromatic rings. The van der Waals surface area contributed by atoms with Crippen LogP contribution in [-0.2, 0) is 23.8 Å². The Balaban J connectivity index is 1.97. The van der Waals surface area contributed by atoms with E-state index in [2.05, 4.69) is 0 Å². The zero-order chi connectivity index (χ0) is 30.4. The third kappa shape index (κ3) is 5.95. The summed E-state index contributed by atoms with van der Waals surface area (Å²) in [6, 6.07) is -2.48. The van der Waals surface area contributed by atoms with Crippen molar-refractivity contribution in [2.24, 2.45) is 0 Å². The molecule has 0 saturated carbocycles.